The molecule has 0 saturated heterocycles. The van der Waals surface area contributed by atoms with Gasteiger partial charge in [0.15, 0.2) is 5.69 Å². The number of hydrogen-bond donors (Lipinski definition) is 1. The van der Waals surface area contributed by atoms with Gasteiger partial charge < -0.3 is 5.73 Å². The average Bonchev–Trinajstić information content (AvgIpc) is 3.07. The Balaban J connectivity index is 2.08. The fraction of sp³-hybridized carbons (Fsp3) is 0.136. The van der Waals surface area contributed by atoms with Crippen LogP contribution in [0.25, 0.3) is 5.69 Å². The van der Waals surface area contributed by atoms with E-state index in [0.29, 0.717) is 5.69 Å². The zero-order chi connectivity index (χ0) is 19.1. The number of nitrogens with zero attached hydrogens (tertiary/aromatic N) is 3. The van der Waals surface area contributed by atoms with Crippen LogP contribution >= 0.6 is 0 Å². The molecule has 3 aromatic rings. The van der Waals surface area contributed by atoms with E-state index in [-0.39, 0.29) is 11.7 Å². The highest BCUT2D eigenvalue weighted by Gasteiger charge is 2.28. The average molecular weight is 354 g/mol. The van der Waals surface area contributed by atoms with Crippen molar-refractivity contribution in [2.45, 2.75) is 19.9 Å². The number of amides is 1. The minimum Gasteiger partial charge on any atom is -0.364 e. The summed E-state index contributed by atoms with van der Waals surface area (Å²) in [7, 11) is 0. The zero-order valence-corrected chi connectivity index (χ0v) is 15.1. The standard InChI is InChI=1S/C22H18N4O/c1-4-15-9-10-18-17(11-15)19(16-8-6-5-7-13(16)2)25-14(3)21-20(22(23)27)24-12-26(18)21/h1,5-12,14H,2-3H3,(H2,23,27). The maximum atomic E-state index is 11.9. The third-order valence-electron chi connectivity index (χ3n) is 4.83. The summed E-state index contributed by atoms with van der Waals surface area (Å²) in [6.07, 6.45) is 7.25. The zero-order valence-electron chi connectivity index (χ0n) is 15.1. The van der Waals surface area contributed by atoms with E-state index in [1.807, 2.05) is 47.9 Å². The molecule has 2 heterocycles. The SMILES string of the molecule is C#Cc1ccc2c(c1)C(c1ccccc1C)=NC(C)c1c(C(N)=O)ncn1-2. The number of carbonyl (C=O) groups is 1. The van der Waals surface area contributed by atoms with Crippen LogP contribution in [0.5, 0.6) is 0 Å². The molecule has 0 radical (unpaired) electrons. The van der Waals surface area contributed by atoms with Crippen LogP contribution in [-0.4, -0.2) is 21.2 Å². The van der Waals surface area contributed by atoms with Crippen LogP contribution in [-0.2, 0) is 0 Å². The summed E-state index contributed by atoms with van der Waals surface area (Å²) in [5, 5.41) is 0. The van der Waals surface area contributed by atoms with Crippen LogP contribution in [0.15, 0.2) is 53.8 Å². The van der Waals surface area contributed by atoms with Gasteiger partial charge in [0.2, 0.25) is 0 Å². The van der Waals surface area contributed by atoms with Crippen LogP contribution in [0.1, 0.15) is 51.4 Å². The smallest absolute Gasteiger partial charge is 0.269 e. The van der Waals surface area contributed by atoms with Gasteiger partial charge in [-0.05, 0) is 37.6 Å². The lowest BCUT2D eigenvalue weighted by Crippen LogP contribution is -2.15. The van der Waals surface area contributed by atoms with E-state index in [1.54, 1.807) is 6.33 Å². The summed E-state index contributed by atoms with van der Waals surface area (Å²) >= 11 is 0. The van der Waals surface area contributed by atoms with E-state index in [0.717, 1.165) is 33.7 Å². The van der Waals surface area contributed by atoms with E-state index >= 15 is 0 Å². The minimum absolute atomic E-state index is 0.240. The molecule has 0 spiro atoms. The Hall–Kier alpha value is -3.65. The number of rotatable bonds is 2. The number of benzene rings is 2. The Morgan fingerprint density at radius 1 is 1.22 bits per heavy atom. The van der Waals surface area contributed by atoms with Crippen molar-refractivity contribution in [1.29, 1.82) is 0 Å². The molecule has 0 fully saturated rings. The molecule has 0 bridgehead atoms. The summed E-state index contributed by atoms with van der Waals surface area (Å²) in [6.45, 7) is 3.99. The van der Waals surface area contributed by atoms with Crippen molar-refractivity contribution in [1.82, 2.24) is 9.55 Å². The number of primary amides is 1. The first-order valence-corrected chi connectivity index (χ1v) is 8.63. The predicted octanol–water partition coefficient (Wildman–Crippen LogP) is 3.17. The Bertz CT molecular complexity index is 1150. The number of hydrogen-bond acceptors (Lipinski definition) is 3. The van der Waals surface area contributed by atoms with E-state index in [1.165, 1.54) is 0 Å². The molecule has 2 N–H and O–H groups in total. The highest BCUT2D eigenvalue weighted by Crippen LogP contribution is 2.33. The van der Waals surface area contributed by atoms with Crippen molar-refractivity contribution >= 4 is 11.6 Å². The molecule has 0 saturated carbocycles. The number of aliphatic imine (C=N–C) groups is 1. The molecule has 2 aromatic carbocycles. The maximum Gasteiger partial charge on any atom is 0.269 e. The summed E-state index contributed by atoms with van der Waals surface area (Å²) in [6, 6.07) is 13.5. The first-order chi connectivity index (χ1) is 13.0. The molecule has 0 aliphatic carbocycles. The Labute approximate surface area is 157 Å². The van der Waals surface area contributed by atoms with Crippen LogP contribution < -0.4 is 5.73 Å². The van der Waals surface area contributed by atoms with Gasteiger partial charge in [0.05, 0.1) is 23.1 Å². The van der Waals surface area contributed by atoms with Gasteiger partial charge >= 0.3 is 0 Å². The second-order valence-electron chi connectivity index (χ2n) is 6.56. The van der Waals surface area contributed by atoms with Gasteiger partial charge in [-0.3, -0.25) is 14.4 Å². The number of carbonyl (C=O) groups excluding carboxylic acids is 1. The van der Waals surface area contributed by atoms with Crippen molar-refractivity contribution < 1.29 is 4.79 Å². The highest BCUT2D eigenvalue weighted by atomic mass is 16.1. The van der Waals surface area contributed by atoms with Gasteiger partial charge in [0.1, 0.15) is 6.33 Å². The quantitative estimate of drug-likeness (QED) is 0.718. The number of aryl methyl sites for hydroxylation is 1. The molecule has 27 heavy (non-hydrogen) atoms. The summed E-state index contributed by atoms with van der Waals surface area (Å²) < 4.78 is 1.88. The first kappa shape index (κ1) is 16.8. The molecular formula is C22H18N4O. The predicted molar refractivity (Wildman–Crippen MR) is 105 cm³/mol. The van der Waals surface area contributed by atoms with E-state index in [4.69, 9.17) is 17.1 Å². The second-order valence-corrected chi connectivity index (χ2v) is 6.56. The van der Waals surface area contributed by atoms with Gasteiger partial charge in [-0.1, -0.05) is 30.2 Å². The summed E-state index contributed by atoms with van der Waals surface area (Å²) in [5.41, 5.74) is 12.0. The lowest BCUT2D eigenvalue weighted by molar-refractivity contribution is 0.0994. The number of fused-ring (bicyclic) bond motifs is 3. The van der Waals surface area contributed by atoms with Gasteiger partial charge in [-0.2, -0.15) is 0 Å². The first-order valence-electron chi connectivity index (χ1n) is 8.63. The fourth-order valence-electron chi connectivity index (χ4n) is 3.54. The molecule has 4 rings (SSSR count). The van der Waals surface area contributed by atoms with E-state index in [9.17, 15) is 4.79 Å². The monoisotopic (exact) mass is 354 g/mol. The summed E-state index contributed by atoms with van der Waals surface area (Å²) in [4.78, 5) is 21.1. The van der Waals surface area contributed by atoms with Gasteiger partial charge in [0, 0.05) is 16.7 Å². The van der Waals surface area contributed by atoms with Crippen molar-refractivity contribution in [3.05, 3.63) is 82.4 Å². The van der Waals surface area contributed by atoms with Crippen LogP contribution in [0.3, 0.4) is 0 Å². The molecule has 1 unspecified atom stereocenters. The van der Waals surface area contributed by atoms with Crippen molar-refractivity contribution in [2.24, 2.45) is 10.7 Å². The molecule has 1 aliphatic rings. The van der Waals surface area contributed by atoms with Crippen LogP contribution in [0.4, 0.5) is 0 Å². The molecule has 5 nitrogen and oxygen atoms in total. The normalized spacial score (nSPS) is 15.1. The third-order valence-corrected chi connectivity index (χ3v) is 4.83. The number of nitrogens with two attached hydrogens (primary N) is 1. The van der Waals surface area contributed by atoms with E-state index < -0.39 is 5.91 Å². The molecule has 1 aromatic heterocycles. The second kappa shape index (κ2) is 6.26. The molecule has 1 aliphatic heterocycles. The largest absolute Gasteiger partial charge is 0.364 e. The fourth-order valence-corrected chi connectivity index (χ4v) is 3.54. The van der Waals surface area contributed by atoms with Gasteiger partial charge in [-0.15, -0.1) is 6.42 Å². The Morgan fingerprint density at radius 3 is 2.70 bits per heavy atom. The number of imidazole rings is 1. The third kappa shape index (κ3) is 2.63. The molecule has 132 valence electrons. The van der Waals surface area contributed by atoms with Crippen molar-refractivity contribution in [3.8, 4) is 18.0 Å². The molecule has 5 heteroatoms. The minimum atomic E-state index is -0.563. The summed E-state index contributed by atoms with van der Waals surface area (Å²) in [5.74, 6) is 2.13. The highest BCUT2D eigenvalue weighted by molar-refractivity contribution is 6.16. The molecule has 1 amide bonds. The van der Waals surface area contributed by atoms with Crippen molar-refractivity contribution in [3.63, 3.8) is 0 Å². The lowest BCUT2D eigenvalue weighted by Gasteiger charge is -2.13. The Kier molecular flexibility index (Phi) is 3.89. The van der Waals surface area contributed by atoms with E-state index in [2.05, 4.69) is 23.9 Å². The maximum absolute atomic E-state index is 11.9. The molecular weight excluding hydrogens is 336 g/mol. The van der Waals surface area contributed by atoms with Crippen LogP contribution in [0.2, 0.25) is 0 Å². The topological polar surface area (TPSA) is 73.3 Å². The van der Waals surface area contributed by atoms with Crippen molar-refractivity contribution in [2.75, 3.05) is 0 Å². The molecule has 1 atom stereocenters. The van der Waals surface area contributed by atoms with Crippen LogP contribution in [0, 0.1) is 19.3 Å². The number of aromatic nitrogens is 2. The Morgan fingerprint density at radius 2 is 2.00 bits per heavy atom. The van der Waals surface area contributed by atoms with Gasteiger partial charge in [0.25, 0.3) is 5.91 Å². The van der Waals surface area contributed by atoms with Gasteiger partial charge in [-0.25, -0.2) is 4.98 Å². The lowest BCUT2D eigenvalue weighted by atomic mass is 9.95. The number of terminal acetylenes is 1.